The highest BCUT2D eigenvalue weighted by molar-refractivity contribution is 5.74. The summed E-state index contributed by atoms with van der Waals surface area (Å²) in [5.41, 5.74) is 4.93. The molecular weight excluding hydrogens is 194 g/mol. The van der Waals surface area contributed by atoms with Crippen LogP contribution in [0, 0.1) is 5.92 Å². The number of esters is 1. The molecule has 0 amide bonds. The van der Waals surface area contributed by atoms with Crippen LogP contribution in [0.2, 0.25) is 0 Å². The van der Waals surface area contributed by atoms with Crippen molar-refractivity contribution in [3.8, 4) is 0 Å². The van der Waals surface area contributed by atoms with Crippen molar-refractivity contribution < 1.29 is 14.3 Å². The van der Waals surface area contributed by atoms with Gasteiger partial charge in [0.1, 0.15) is 5.60 Å². The first kappa shape index (κ1) is 12.5. The smallest absolute Gasteiger partial charge is 0.309 e. The third kappa shape index (κ3) is 4.18. The Balaban J connectivity index is 2.18. The summed E-state index contributed by atoms with van der Waals surface area (Å²) in [6.45, 7) is 6.75. The van der Waals surface area contributed by atoms with Crippen molar-refractivity contribution in [2.24, 2.45) is 11.7 Å². The van der Waals surface area contributed by atoms with Gasteiger partial charge in [0, 0.05) is 6.54 Å². The number of hydrogen-bond donors (Lipinski definition) is 1. The highest BCUT2D eigenvalue weighted by Crippen LogP contribution is 2.32. The molecule has 0 aliphatic heterocycles. The SMILES string of the molecule is CC(C)(C)OC(=O)[C@H]1C[C@@H](OCCN)C1. The van der Waals surface area contributed by atoms with Crippen LogP contribution < -0.4 is 5.73 Å². The average Bonchev–Trinajstić information content (AvgIpc) is 1.98. The standard InChI is InChI=1S/C11H21NO3/c1-11(2,3)15-10(13)8-6-9(7-8)14-5-4-12/h8-9H,4-7,12H2,1-3H3/t8-,9+. The molecule has 0 aromatic rings. The van der Waals surface area contributed by atoms with Crippen LogP contribution in [-0.2, 0) is 14.3 Å². The van der Waals surface area contributed by atoms with E-state index in [1.807, 2.05) is 20.8 Å². The first-order valence-corrected chi connectivity index (χ1v) is 5.47. The summed E-state index contributed by atoms with van der Waals surface area (Å²) in [6, 6.07) is 0. The number of carbonyl (C=O) groups excluding carboxylic acids is 1. The molecule has 0 aromatic carbocycles. The molecule has 1 aliphatic rings. The van der Waals surface area contributed by atoms with Crippen molar-refractivity contribution in [2.75, 3.05) is 13.2 Å². The Kier molecular flexibility index (Phi) is 4.11. The molecule has 0 spiro atoms. The molecule has 0 radical (unpaired) electrons. The summed E-state index contributed by atoms with van der Waals surface area (Å²) in [5, 5.41) is 0. The third-order valence-corrected chi connectivity index (χ3v) is 2.31. The highest BCUT2D eigenvalue weighted by atomic mass is 16.6. The maximum atomic E-state index is 11.6. The Bertz CT molecular complexity index is 216. The highest BCUT2D eigenvalue weighted by Gasteiger charge is 2.37. The molecule has 1 rings (SSSR count). The molecule has 4 heteroatoms. The number of nitrogens with two attached hydrogens (primary N) is 1. The minimum absolute atomic E-state index is 0.0204. The Labute approximate surface area is 91.1 Å². The summed E-state index contributed by atoms with van der Waals surface area (Å²) in [5.74, 6) is -0.0814. The normalized spacial score (nSPS) is 25.9. The van der Waals surface area contributed by atoms with Gasteiger partial charge in [-0.2, -0.15) is 0 Å². The van der Waals surface area contributed by atoms with Crippen LogP contribution in [0.25, 0.3) is 0 Å². The zero-order valence-electron chi connectivity index (χ0n) is 9.79. The van der Waals surface area contributed by atoms with Gasteiger partial charge in [-0.15, -0.1) is 0 Å². The Morgan fingerprint density at radius 2 is 2.00 bits per heavy atom. The second kappa shape index (κ2) is 4.94. The first-order valence-electron chi connectivity index (χ1n) is 5.47. The van der Waals surface area contributed by atoms with Crippen LogP contribution in [0.4, 0.5) is 0 Å². The van der Waals surface area contributed by atoms with Gasteiger partial charge in [-0.1, -0.05) is 0 Å². The van der Waals surface area contributed by atoms with Gasteiger partial charge in [0.05, 0.1) is 18.6 Å². The number of carbonyl (C=O) groups is 1. The second-order valence-electron chi connectivity index (χ2n) is 4.98. The van der Waals surface area contributed by atoms with Crippen LogP contribution in [-0.4, -0.2) is 30.8 Å². The summed E-state index contributed by atoms with van der Waals surface area (Å²) in [6.07, 6.45) is 1.75. The fraction of sp³-hybridized carbons (Fsp3) is 0.909. The van der Waals surface area contributed by atoms with E-state index in [0.29, 0.717) is 13.2 Å². The van der Waals surface area contributed by atoms with Crippen molar-refractivity contribution in [3.05, 3.63) is 0 Å². The van der Waals surface area contributed by atoms with Crippen molar-refractivity contribution in [1.29, 1.82) is 0 Å². The Morgan fingerprint density at radius 1 is 1.40 bits per heavy atom. The van der Waals surface area contributed by atoms with Gasteiger partial charge >= 0.3 is 5.97 Å². The molecule has 4 nitrogen and oxygen atoms in total. The summed E-state index contributed by atoms with van der Waals surface area (Å²) >= 11 is 0. The summed E-state index contributed by atoms with van der Waals surface area (Å²) < 4.78 is 10.7. The third-order valence-electron chi connectivity index (χ3n) is 2.31. The second-order valence-corrected chi connectivity index (χ2v) is 4.98. The number of rotatable bonds is 4. The molecule has 1 aliphatic carbocycles. The molecular formula is C11H21NO3. The lowest BCUT2D eigenvalue weighted by atomic mass is 9.82. The summed E-state index contributed by atoms with van der Waals surface area (Å²) in [7, 11) is 0. The van der Waals surface area contributed by atoms with Crippen molar-refractivity contribution in [3.63, 3.8) is 0 Å². The number of ether oxygens (including phenoxy) is 2. The molecule has 88 valence electrons. The maximum absolute atomic E-state index is 11.6. The van der Waals surface area contributed by atoms with Gasteiger partial charge < -0.3 is 15.2 Å². The van der Waals surface area contributed by atoms with Crippen molar-refractivity contribution in [1.82, 2.24) is 0 Å². The van der Waals surface area contributed by atoms with E-state index in [4.69, 9.17) is 15.2 Å². The van der Waals surface area contributed by atoms with Gasteiger partial charge in [-0.25, -0.2) is 0 Å². The average molecular weight is 215 g/mol. The van der Waals surface area contributed by atoms with Crippen LogP contribution in [0.15, 0.2) is 0 Å². The largest absolute Gasteiger partial charge is 0.460 e. The number of hydrogen-bond acceptors (Lipinski definition) is 4. The van der Waals surface area contributed by atoms with Crippen LogP contribution in [0.5, 0.6) is 0 Å². The molecule has 0 heterocycles. The van der Waals surface area contributed by atoms with Gasteiger partial charge in [0.15, 0.2) is 0 Å². The van der Waals surface area contributed by atoms with E-state index in [1.54, 1.807) is 0 Å². The van der Waals surface area contributed by atoms with E-state index < -0.39 is 0 Å². The molecule has 15 heavy (non-hydrogen) atoms. The molecule has 0 aromatic heterocycles. The van der Waals surface area contributed by atoms with Crippen molar-refractivity contribution in [2.45, 2.75) is 45.3 Å². The molecule has 1 fully saturated rings. The lowest BCUT2D eigenvalue weighted by molar-refractivity contribution is -0.169. The topological polar surface area (TPSA) is 61.5 Å². The quantitative estimate of drug-likeness (QED) is 0.713. The Morgan fingerprint density at radius 3 is 2.47 bits per heavy atom. The van der Waals surface area contributed by atoms with E-state index in [1.165, 1.54) is 0 Å². The zero-order chi connectivity index (χ0) is 11.5. The summed E-state index contributed by atoms with van der Waals surface area (Å²) in [4.78, 5) is 11.6. The van der Waals surface area contributed by atoms with Crippen LogP contribution in [0.1, 0.15) is 33.6 Å². The minimum Gasteiger partial charge on any atom is -0.460 e. The van der Waals surface area contributed by atoms with Crippen LogP contribution >= 0.6 is 0 Å². The van der Waals surface area contributed by atoms with Crippen LogP contribution in [0.3, 0.4) is 0 Å². The fourth-order valence-corrected chi connectivity index (χ4v) is 1.51. The van der Waals surface area contributed by atoms with E-state index in [2.05, 4.69) is 0 Å². The van der Waals surface area contributed by atoms with E-state index in [0.717, 1.165) is 12.8 Å². The minimum atomic E-state index is -0.389. The van der Waals surface area contributed by atoms with E-state index in [-0.39, 0.29) is 23.6 Å². The van der Waals surface area contributed by atoms with Crippen molar-refractivity contribution >= 4 is 5.97 Å². The van der Waals surface area contributed by atoms with E-state index in [9.17, 15) is 4.79 Å². The van der Waals surface area contributed by atoms with Gasteiger partial charge in [0.2, 0.25) is 0 Å². The molecule has 0 bridgehead atoms. The molecule has 0 atom stereocenters. The maximum Gasteiger partial charge on any atom is 0.309 e. The van der Waals surface area contributed by atoms with Gasteiger partial charge in [-0.3, -0.25) is 4.79 Å². The fourth-order valence-electron chi connectivity index (χ4n) is 1.51. The van der Waals surface area contributed by atoms with Gasteiger partial charge in [0.25, 0.3) is 0 Å². The Hall–Kier alpha value is -0.610. The monoisotopic (exact) mass is 215 g/mol. The lowest BCUT2D eigenvalue weighted by Gasteiger charge is -2.35. The molecule has 1 saturated carbocycles. The molecule has 2 N–H and O–H groups in total. The molecule has 0 unspecified atom stereocenters. The lowest BCUT2D eigenvalue weighted by Crippen LogP contribution is -2.40. The zero-order valence-corrected chi connectivity index (χ0v) is 9.79. The molecule has 0 saturated heterocycles. The predicted molar refractivity (Wildman–Crippen MR) is 57.4 cm³/mol. The van der Waals surface area contributed by atoms with E-state index >= 15 is 0 Å². The first-order chi connectivity index (χ1) is 6.92. The van der Waals surface area contributed by atoms with Gasteiger partial charge in [-0.05, 0) is 33.6 Å². The predicted octanol–water partition coefficient (Wildman–Crippen LogP) is 1.08.